The first-order valence-electron chi connectivity index (χ1n) is 8.13. The number of halogens is 1. The number of likely N-dealkylation sites (tertiary alicyclic amines) is 1. The number of hydrogen-bond acceptors (Lipinski definition) is 3. The van der Waals surface area contributed by atoms with Gasteiger partial charge in [-0.15, -0.1) is 0 Å². The van der Waals surface area contributed by atoms with Crippen molar-refractivity contribution in [2.45, 2.75) is 38.1 Å². The van der Waals surface area contributed by atoms with E-state index < -0.39 is 0 Å². The Hall–Kier alpha value is -1.46. The van der Waals surface area contributed by atoms with Gasteiger partial charge in [-0.3, -0.25) is 0 Å². The third-order valence-electron chi connectivity index (χ3n) is 4.28. The molecule has 1 saturated heterocycles. The molecule has 5 nitrogen and oxygen atoms in total. The van der Waals surface area contributed by atoms with Crippen LogP contribution in [0.2, 0.25) is 5.02 Å². The molecular formula is C17H25ClN2O3. The molecule has 0 aliphatic carbocycles. The molecular weight excluding hydrogens is 316 g/mol. The Bertz CT molecular complexity index is 523. The van der Waals surface area contributed by atoms with Gasteiger partial charge in [0.2, 0.25) is 0 Å². The van der Waals surface area contributed by atoms with Gasteiger partial charge in [-0.25, -0.2) is 4.79 Å². The number of urea groups is 1. The molecule has 1 aliphatic rings. The van der Waals surface area contributed by atoms with Crippen LogP contribution in [0.1, 0.15) is 31.2 Å². The summed E-state index contributed by atoms with van der Waals surface area (Å²) in [6, 6.07) is 5.67. The lowest BCUT2D eigenvalue weighted by Gasteiger charge is -2.35. The smallest absolute Gasteiger partial charge is 0.317 e. The van der Waals surface area contributed by atoms with Gasteiger partial charge in [0.1, 0.15) is 5.75 Å². The van der Waals surface area contributed by atoms with Crippen LogP contribution in [0.4, 0.5) is 4.79 Å². The molecule has 1 unspecified atom stereocenters. The van der Waals surface area contributed by atoms with E-state index in [-0.39, 0.29) is 18.7 Å². The Morgan fingerprint density at radius 1 is 1.48 bits per heavy atom. The maximum Gasteiger partial charge on any atom is 0.317 e. The third-order valence-corrected chi connectivity index (χ3v) is 4.63. The van der Waals surface area contributed by atoms with Gasteiger partial charge in [0, 0.05) is 30.8 Å². The van der Waals surface area contributed by atoms with Crippen molar-refractivity contribution in [3.63, 3.8) is 0 Å². The highest BCUT2D eigenvalue weighted by molar-refractivity contribution is 6.31. The normalized spacial score (nSPS) is 17.9. The van der Waals surface area contributed by atoms with Gasteiger partial charge in [-0.1, -0.05) is 17.7 Å². The lowest BCUT2D eigenvalue weighted by atomic mass is 10.0. The van der Waals surface area contributed by atoms with Crippen LogP contribution in [0.15, 0.2) is 18.2 Å². The zero-order valence-electron chi connectivity index (χ0n) is 13.6. The van der Waals surface area contributed by atoms with E-state index in [1.54, 1.807) is 13.2 Å². The standard InChI is InChI=1S/C17H25ClN2O3/c1-23-15-6-5-13(16(18)12-15)7-9-19-17(22)20-10-3-2-4-14(20)8-11-21/h5-6,12,14,21H,2-4,7-11H2,1H3,(H,19,22). The first-order chi connectivity index (χ1) is 11.2. The minimum Gasteiger partial charge on any atom is -0.497 e. The fourth-order valence-corrected chi connectivity index (χ4v) is 3.25. The fraction of sp³-hybridized carbons (Fsp3) is 0.588. The SMILES string of the molecule is COc1ccc(CCNC(=O)N2CCCCC2CCO)c(Cl)c1. The van der Waals surface area contributed by atoms with E-state index in [9.17, 15) is 4.79 Å². The second kappa shape index (κ2) is 8.99. The Kier molecular flexibility index (Phi) is 6.99. The number of aliphatic hydroxyl groups is 1. The zero-order valence-corrected chi connectivity index (χ0v) is 14.3. The molecule has 1 aliphatic heterocycles. The van der Waals surface area contributed by atoms with E-state index >= 15 is 0 Å². The quantitative estimate of drug-likeness (QED) is 0.837. The molecule has 2 amide bonds. The summed E-state index contributed by atoms with van der Waals surface area (Å²) < 4.78 is 5.13. The maximum absolute atomic E-state index is 12.3. The van der Waals surface area contributed by atoms with Crippen LogP contribution in [0.25, 0.3) is 0 Å². The van der Waals surface area contributed by atoms with Crippen molar-refractivity contribution >= 4 is 17.6 Å². The average molecular weight is 341 g/mol. The Morgan fingerprint density at radius 3 is 3.00 bits per heavy atom. The first-order valence-corrected chi connectivity index (χ1v) is 8.51. The van der Waals surface area contributed by atoms with Crippen LogP contribution in [0.3, 0.4) is 0 Å². The lowest BCUT2D eigenvalue weighted by Crippen LogP contribution is -2.49. The minimum absolute atomic E-state index is 0.0483. The molecule has 128 valence electrons. The van der Waals surface area contributed by atoms with E-state index in [1.807, 2.05) is 17.0 Å². The number of carbonyl (C=O) groups excluding carboxylic acids is 1. The summed E-state index contributed by atoms with van der Waals surface area (Å²) in [7, 11) is 1.60. The Morgan fingerprint density at radius 2 is 2.30 bits per heavy atom. The van der Waals surface area contributed by atoms with Gasteiger partial charge in [-0.05, 0) is 49.8 Å². The monoisotopic (exact) mass is 340 g/mol. The van der Waals surface area contributed by atoms with Gasteiger partial charge in [0.25, 0.3) is 0 Å². The zero-order chi connectivity index (χ0) is 16.7. The van der Waals surface area contributed by atoms with Crippen molar-refractivity contribution in [2.75, 3.05) is 26.8 Å². The molecule has 1 aromatic carbocycles. The molecule has 23 heavy (non-hydrogen) atoms. The van der Waals surface area contributed by atoms with Gasteiger partial charge < -0.3 is 20.1 Å². The largest absolute Gasteiger partial charge is 0.497 e. The van der Waals surface area contributed by atoms with Gasteiger partial charge >= 0.3 is 6.03 Å². The number of aliphatic hydroxyl groups excluding tert-OH is 1. The average Bonchev–Trinajstić information content (AvgIpc) is 2.57. The number of piperidine rings is 1. The van der Waals surface area contributed by atoms with E-state index in [4.69, 9.17) is 21.4 Å². The van der Waals surface area contributed by atoms with Crippen LogP contribution < -0.4 is 10.1 Å². The van der Waals surface area contributed by atoms with Crippen LogP contribution in [0, 0.1) is 0 Å². The number of carbonyl (C=O) groups is 1. The van der Waals surface area contributed by atoms with Crippen molar-refractivity contribution in [2.24, 2.45) is 0 Å². The van der Waals surface area contributed by atoms with Crippen LogP contribution in [0.5, 0.6) is 5.75 Å². The molecule has 0 radical (unpaired) electrons. The Balaban J connectivity index is 1.84. The van der Waals surface area contributed by atoms with Crippen LogP contribution in [-0.4, -0.2) is 48.9 Å². The van der Waals surface area contributed by atoms with Crippen molar-refractivity contribution in [1.82, 2.24) is 10.2 Å². The summed E-state index contributed by atoms with van der Waals surface area (Å²) >= 11 is 6.21. The summed E-state index contributed by atoms with van der Waals surface area (Å²) in [5.41, 5.74) is 0.985. The predicted molar refractivity (Wildman–Crippen MR) is 91.2 cm³/mol. The van der Waals surface area contributed by atoms with Crippen LogP contribution in [-0.2, 0) is 6.42 Å². The minimum atomic E-state index is -0.0483. The first kappa shape index (κ1) is 17.9. The number of amides is 2. The molecule has 6 heteroatoms. The topological polar surface area (TPSA) is 61.8 Å². The Labute approximate surface area is 142 Å². The number of rotatable bonds is 6. The molecule has 0 spiro atoms. The fourth-order valence-electron chi connectivity index (χ4n) is 2.98. The molecule has 0 aromatic heterocycles. The van der Waals surface area contributed by atoms with Gasteiger partial charge in [0.15, 0.2) is 0 Å². The van der Waals surface area contributed by atoms with E-state index in [0.717, 1.165) is 37.1 Å². The summed E-state index contributed by atoms with van der Waals surface area (Å²) in [5, 5.41) is 12.7. The highest BCUT2D eigenvalue weighted by Crippen LogP contribution is 2.23. The van der Waals surface area contributed by atoms with E-state index in [0.29, 0.717) is 24.4 Å². The highest BCUT2D eigenvalue weighted by atomic mass is 35.5. The number of nitrogens with one attached hydrogen (secondary N) is 1. The van der Waals surface area contributed by atoms with Crippen molar-refractivity contribution < 1.29 is 14.6 Å². The summed E-state index contributed by atoms with van der Waals surface area (Å²) in [6.45, 7) is 1.42. The second-order valence-electron chi connectivity index (χ2n) is 5.79. The van der Waals surface area contributed by atoms with Crippen molar-refractivity contribution in [1.29, 1.82) is 0 Å². The van der Waals surface area contributed by atoms with Crippen molar-refractivity contribution in [3.05, 3.63) is 28.8 Å². The van der Waals surface area contributed by atoms with Crippen LogP contribution >= 0.6 is 11.6 Å². The highest BCUT2D eigenvalue weighted by Gasteiger charge is 2.25. The summed E-state index contributed by atoms with van der Waals surface area (Å²) in [4.78, 5) is 14.2. The third kappa shape index (κ3) is 5.01. The number of hydrogen-bond donors (Lipinski definition) is 2. The van der Waals surface area contributed by atoms with E-state index in [1.165, 1.54) is 0 Å². The van der Waals surface area contributed by atoms with Gasteiger partial charge in [0.05, 0.1) is 7.11 Å². The molecule has 2 rings (SSSR count). The van der Waals surface area contributed by atoms with Crippen molar-refractivity contribution in [3.8, 4) is 5.75 Å². The summed E-state index contributed by atoms with van der Waals surface area (Å²) in [5.74, 6) is 0.725. The molecule has 0 saturated carbocycles. The molecule has 1 aromatic rings. The molecule has 1 atom stereocenters. The maximum atomic E-state index is 12.3. The summed E-state index contributed by atoms with van der Waals surface area (Å²) in [6.07, 6.45) is 4.44. The molecule has 1 fully saturated rings. The lowest BCUT2D eigenvalue weighted by molar-refractivity contribution is 0.132. The molecule has 2 N–H and O–H groups in total. The number of methoxy groups -OCH3 is 1. The second-order valence-corrected chi connectivity index (χ2v) is 6.20. The number of ether oxygens (including phenoxy) is 1. The van der Waals surface area contributed by atoms with E-state index in [2.05, 4.69) is 5.32 Å². The number of nitrogens with zero attached hydrogens (tertiary/aromatic N) is 1. The molecule has 1 heterocycles. The predicted octanol–water partition coefficient (Wildman–Crippen LogP) is 2.84. The number of benzene rings is 1. The molecule has 0 bridgehead atoms. The van der Waals surface area contributed by atoms with Gasteiger partial charge in [-0.2, -0.15) is 0 Å².